The fourth-order valence-electron chi connectivity index (χ4n) is 7.73. The lowest BCUT2D eigenvalue weighted by Crippen LogP contribution is -2.50. The molecule has 3 saturated heterocycles. The third kappa shape index (κ3) is 7.02. The highest BCUT2D eigenvalue weighted by atomic mass is 32.2. The van der Waals surface area contributed by atoms with Crippen molar-refractivity contribution in [2.45, 2.75) is 50.9 Å². The molecule has 2 aromatic heterocycles. The molecule has 0 saturated carbocycles. The number of likely N-dealkylation sites (tertiary alicyclic amines) is 1. The molecule has 51 heavy (non-hydrogen) atoms. The number of sulfonamides is 1. The van der Waals surface area contributed by atoms with Crippen LogP contribution in [-0.2, 0) is 52.9 Å². The molecule has 7 rings (SSSR count). The minimum Gasteiger partial charge on any atom is -0.379 e. The molecule has 3 aromatic rings. The van der Waals surface area contributed by atoms with E-state index in [0.717, 1.165) is 37.3 Å². The van der Waals surface area contributed by atoms with Gasteiger partial charge in [-0.3, -0.25) is 14.6 Å². The number of piperazine rings is 1. The lowest BCUT2D eigenvalue weighted by molar-refractivity contribution is -0.138. The smallest absolute Gasteiger partial charge is 0.379 e. The molecule has 4 aliphatic heterocycles. The monoisotopic (exact) mass is 728 g/mol. The normalized spacial score (nSPS) is 21.5. The number of alkyl halides is 3. The van der Waals surface area contributed by atoms with Crippen LogP contribution >= 0.6 is 0 Å². The van der Waals surface area contributed by atoms with Crippen molar-refractivity contribution in [2.75, 3.05) is 68.0 Å². The second-order valence-electron chi connectivity index (χ2n) is 14.4. The average Bonchev–Trinajstić information content (AvgIpc) is 3.63. The van der Waals surface area contributed by atoms with Crippen LogP contribution in [-0.4, -0.2) is 102 Å². The number of carbonyl (C=O) groups excluding carboxylic acids is 1. The summed E-state index contributed by atoms with van der Waals surface area (Å²) in [6, 6.07) is 6.52. The molecule has 4 aliphatic rings. The third-order valence-electron chi connectivity index (χ3n) is 10.6. The summed E-state index contributed by atoms with van der Waals surface area (Å²) in [7, 11) is -1.65. The van der Waals surface area contributed by atoms with Crippen LogP contribution < -0.4 is 9.80 Å². The molecular formula is C35H43F3N8O4S. The van der Waals surface area contributed by atoms with Gasteiger partial charge in [0, 0.05) is 63.7 Å². The summed E-state index contributed by atoms with van der Waals surface area (Å²) in [5, 5.41) is 8.30. The zero-order valence-electron chi connectivity index (χ0n) is 28.9. The van der Waals surface area contributed by atoms with Gasteiger partial charge >= 0.3 is 6.18 Å². The Hall–Kier alpha value is -3.86. The Labute approximate surface area is 295 Å². The molecule has 12 nitrogen and oxygen atoms in total. The molecule has 1 unspecified atom stereocenters. The van der Waals surface area contributed by atoms with Gasteiger partial charge in [-0.2, -0.15) is 17.5 Å². The van der Waals surface area contributed by atoms with E-state index in [2.05, 4.69) is 28.6 Å². The Morgan fingerprint density at radius 2 is 1.82 bits per heavy atom. The Morgan fingerprint density at radius 3 is 2.45 bits per heavy atom. The van der Waals surface area contributed by atoms with Crippen LogP contribution in [0, 0.1) is 5.92 Å². The second kappa shape index (κ2) is 13.6. The van der Waals surface area contributed by atoms with Crippen molar-refractivity contribution >= 4 is 27.6 Å². The summed E-state index contributed by atoms with van der Waals surface area (Å²) in [6.45, 7) is 9.22. The third-order valence-corrected chi connectivity index (χ3v) is 12.4. The van der Waals surface area contributed by atoms with Crippen LogP contribution in [0.25, 0.3) is 0 Å². The predicted octanol–water partition coefficient (Wildman–Crippen LogP) is 3.77. The number of rotatable bonds is 10. The second-order valence-corrected chi connectivity index (χ2v) is 16.4. The molecule has 1 aromatic carbocycles. The molecule has 1 amide bonds. The van der Waals surface area contributed by atoms with Crippen LogP contribution in [0.15, 0.2) is 43.2 Å². The molecule has 0 bridgehead atoms. The Morgan fingerprint density at radius 1 is 1.08 bits per heavy atom. The number of aryl methyl sites for hydroxylation is 1. The van der Waals surface area contributed by atoms with Crippen LogP contribution in [0.5, 0.6) is 0 Å². The lowest BCUT2D eigenvalue weighted by atomic mass is 9.75. The fraction of sp³-hybridized carbons (Fsp3) is 0.543. The summed E-state index contributed by atoms with van der Waals surface area (Å²) in [5.74, 6) is 1.23. The van der Waals surface area contributed by atoms with Gasteiger partial charge in [0.05, 0.1) is 31.1 Å². The first-order chi connectivity index (χ1) is 24.3. The van der Waals surface area contributed by atoms with Gasteiger partial charge < -0.3 is 14.2 Å². The Balaban J connectivity index is 1.25. The predicted molar refractivity (Wildman–Crippen MR) is 185 cm³/mol. The molecule has 274 valence electrons. The van der Waals surface area contributed by atoms with Gasteiger partial charge in [-0.25, -0.2) is 13.4 Å². The number of hydrogen-bond donors (Lipinski definition) is 0. The summed E-state index contributed by atoms with van der Waals surface area (Å²) < 4.78 is 78.3. The first-order valence-corrected chi connectivity index (χ1v) is 18.9. The number of fused-ring (bicyclic) bond motifs is 1. The average molecular weight is 729 g/mol. The maximum absolute atomic E-state index is 14.6. The van der Waals surface area contributed by atoms with Crippen molar-refractivity contribution in [1.82, 2.24) is 29.0 Å². The van der Waals surface area contributed by atoms with Gasteiger partial charge in [0.25, 0.3) is 5.91 Å². The number of anilines is 2. The quantitative estimate of drug-likeness (QED) is 0.288. The minimum atomic E-state index is -4.65. The zero-order valence-corrected chi connectivity index (χ0v) is 29.7. The topological polar surface area (TPSA) is 117 Å². The standard InChI is InChI=1S/C35H43F3N8O4S/c1-4-12-51(48,49)45-10-8-44(9-11-45)30-15-26(34(21-50-22-34)17-32-41-39-23-42(32)3)16-31(40-30)46-20-28-27(33(46)47)13-25(14-29(28)35(36,37)38)19-43-7-5-6-24(2)18-43/h4,13-16,23-24H,1,5-12,17-22H2,2-3H3. The first kappa shape index (κ1) is 35.5. The molecule has 0 N–H and O–H groups in total. The maximum atomic E-state index is 14.6. The number of pyridine rings is 1. The van der Waals surface area contributed by atoms with E-state index >= 15 is 0 Å². The Kier molecular flexibility index (Phi) is 9.48. The van der Waals surface area contributed by atoms with E-state index in [1.807, 2.05) is 22.6 Å². The van der Waals surface area contributed by atoms with Crippen molar-refractivity contribution in [3.63, 3.8) is 0 Å². The maximum Gasteiger partial charge on any atom is 0.416 e. The number of nitrogens with zero attached hydrogens (tertiary/aromatic N) is 8. The van der Waals surface area contributed by atoms with Gasteiger partial charge in [-0.1, -0.05) is 13.0 Å². The number of amides is 1. The highest BCUT2D eigenvalue weighted by molar-refractivity contribution is 7.89. The minimum absolute atomic E-state index is 0.0421. The summed E-state index contributed by atoms with van der Waals surface area (Å²) >= 11 is 0. The number of piperidine rings is 1. The van der Waals surface area contributed by atoms with Gasteiger partial charge in [0.2, 0.25) is 10.0 Å². The number of halogens is 3. The van der Waals surface area contributed by atoms with Gasteiger partial charge in [0.1, 0.15) is 23.8 Å². The van der Waals surface area contributed by atoms with Crippen molar-refractivity contribution in [1.29, 1.82) is 0 Å². The largest absolute Gasteiger partial charge is 0.416 e. The van der Waals surface area contributed by atoms with E-state index in [1.165, 1.54) is 21.3 Å². The highest BCUT2D eigenvalue weighted by Gasteiger charge is 2.45. The molecule has 16 heteroatoms. The highest BCUT2D eigenvalue weighted by Crippen LogP contribution is 2.42. The SMILES string of the molecule is C=CCS(=O)(=O)N1CCN(c2cc(C3(Cc4nncn4C)COC3)cc(N3Cc4c(cc(CN5CCCC(C)C5)cc4C(F)(F)F)C3=O)n2)CC1. The molecule has 3 fully saturated rings. The van der Waals surface area contributed by atoms with Crippen molar-refractivity contribution in [3.8, 4) is 0 Å². The lowest BCUT2D eigenvalue weighted by Gasteiger charge is -2.42. The molecule has 0 spiro atoms. The Bertz CT molecular complexity index is 1920. The number of aromatic nitrogens is 4. The van der Waals surface area contributed by atoms with Crippen LogP contribution in [0.3, 0.4) is 0 Å². The van der Waals surface area contributed by atoms with E-state index in [4.69, 9.17) is 9.72 Å². The number of carbonyl (C=O) groups is 1. The van der Waals surface area contributed by atoms with Gasteiger partial charge in [-0.05, 0) is 66.3 Å². The summed E-state index contributed by atoms with van der Waals surface area (Å²) in [5.41, 5.74) is -0.0903. The molecule has 0 radical (unpaired) electrons. The fourth-order valence-corrected chi connectivity index (χ4v) is 8.96. The number of benzene rings is 1. The number of ether oxygens (including phenoxy) is 1. The van der Waals surface area contributed by atoms with E-state index < -0.39 is 33.1 Å². The molecule has 1 atom stereocenters. The van der Waals surface area contributed by atoms with E-state index in [-0.39, 0.29) is 42.3 Å². The van der Waals surface area contributed by atoms with Crippen LogP contribution in [0.1, 0.15) is 58.2 Å². The molecule has 0 aliphatic carbocycles. The van der Waals surface area contributed by atoms with E-state index in [1.54, 1.807) is 18.5 Å². The number of hydrogen-bond acceptors (Lipinski definition) is 9. The first-order valence-electron chi connectivity index (χ1n) is 17.3. The van der Waals surface area contributed by atoms with Gasteiger partial charge in [-0.15, -0.1) is 16.8 Å². The van der Waals surface area contributed by atoms with Crippen molar-refractivity contribution in [3.05, 3.63) is 76.9 Å². The van der Waals surface area contributed by atoms with Crippen molar-refractivity contribution < 1.29 is 31.1 Å². The van der Waals surface area contributed by atoms with Crippen LogP contribution in [0.2, 0.25) is 0 Å². The summed E-state index contributed by atoms with van der Waals surface area (Å²) in [4.78, 5) is 24.5. The van der Waals surface area contributed by atoms with E-state index in [9.17, 15) is 26.4 Å². The van der Waals surface area contributed by atoms with Gasteiger partial charge in [0.15, 0.2) is 0 Å². The molecular weight excluding hydrogens is 685 g/mol. The van der Waals surface area contributed by atoms with Crippen molar-refractivity contribution in [2.24, 2.45) is 13.0 Å². The molecule has 6 heterocycles. The summed E-state index contributed by atoms with van der Waals surface area (Å²) in [6.07, 6.45) is 0.878. The van der Waals surface area contributed by atoms with Crippen LogP contribution in [0.4, 0.5) is 24.8 Å². The zero-order chi connectivity index (χ0) is 36.1. The van der Waals surface area contributed by atoms with E-state index in [0.29, 0.717) is 56.6 Å².